The van der Waals surface area contributed by atoms with Crippen molar-refractivity contribution in [1.29, 1.82) is 0 Å². The normalized spacial score (nSPS) is 10.3. The van der Waals surface area contributed by atoms with Crippen LogP contribution in [-0.2, 0) is 5.75 Å². The predicted octanol–water partition coefficient (Wildman–Crippen LogP) is 3.42. The van der Waals surface area contributed by atoms with Crippen molar-refractivity contribution >= 4 is 11.8 Å². The number of benzene rings is 1. The van der Waals surface area contributed by atoms with Gasteiger partial charge in [0.2, 0.25) is 0 Å². The molecule has 1 aromatic rings. The zero-order chi connectivity index (χ0) is 13.4. The van der Waals surface area contributed by atoms with Gasteiger partial charge in [-0.15, -0.1) is 0 Å². The first-order valence-corrected chi connectivity index (χ1v) is 7.34. The second-order valence-corrected chi connectivity index (χ2v) is 5.65. The predicted molar refractivity (Wildman–Crippen MR) is 77.9 cm³/mol. The maximum Gasteiger partial charge on any atom is 0.124 e. The van der Waals surface area contributed by atoms with Crippen molar-refractivity contribution in [2.45, 2.75) is 26.0 Å². The third-order valence-corrected chi connectivity index (χ3v) is 3.53. The molecule has 0 saturated carbocycles. The maximum atomic E-state index is 13.2. The number of nitrogens with two attached hydrogens (primary N) is 1. The highest BCUT2D eigenvalue weighted by molar-refractivity contribution is 7.98. The Morgan fingerprint density at radius 1 is 1.39 bits per heavy atom. The molecule has 1 rings (SSSR count). The maximum absolute atomic E-state index is 13.2. The Morgan fingerprint density at radius 3 is 2.83 bits per heavy atom. The van der Waals surface area contributed by atoms with E-state index in [1.54, 1.807) is 0 Å². The molecule has 0 unspecified atom stereocenters. The van der Waals surface area contributed by atoms with Gasteiger partial charge in [-0.25, -0.2) is 4.39 Å². The minimum Gasteiger partial charge on any atom is -0.320 e. The fourth-order valence-corrected chi connectivity index (χ4v) is 2.69. The Bertz CT molecular complexity index is 432. The van der Waals surface area contributed by atoms with Gasteiger partial charge < -0.3 is 5.73 Å². The van der Waals surface area contributed by atoms with Gasteiger partial charge in [0.25, 0.3) is 0 Å². The van der Waals surface area contributed by atoms with Crippen molar-refractivity contribution in [3.63, 3.8) is 0 Å². The van der Waals surface area contributed by atoms with E-state index in [0.29, 0.717) is 6.54 Å². The lowest BCUT2D eigenvalue weighted by molar-refractivity contribution is 0.627. The molecule has 0 spiro atoms. The van der Waals surface area contributed by atoms with Crippen LogP contribution >= 0.6 is 11.8 Å². The Kier molecular flexibility index (Phi) is 6.85. The van der Waals surface area contributed by atoms with Crippen molar-refractivity contribution in [3.05, 3.63) is 35.1 Å². The molecule has 98 valence electrons. The fraction of sp³-hybridized carbons (Fsp3) is 0.467. The van der Waals surface area contributed by atoms with Gasteiger partial charge in [0.1, 0.15) is 5.82 Å². The molecular weight excluding hydrogens is 245 g/mol. The lowest BCUT2D eigenvalue weighted by Gasteiger charge is -2.06. The van der Waals surface area contributed by atoms with E-state index < -0.39 is 0 Å². The molecule has 0 radical (unpaired) electrons. The SMILES string of the molecule is CC(C)CCSCc1ccc(F)cc1C#CCN. The first kappa shape index (κ1) is 15.1. The zero-order valence-electron chi connectivity index (χ0n) is 11.0. The Labute approximate surface area is 113 Å². The van der Waals surface area contributed by atoms with Crippen LogP contribution in [0, 0.1) is 23.6 Å². The highest BCUT2D eigenvalue weighted by Crippen LogP contribution is 2.19. The Morgan fingerprint density at radius 2 is 2.17 bits per heavy atom. The molecule has 0 aromatic heterocycles. The summed E-state index contributed by atoms with van der Waals surface area (Å²) in [6.45, 7) is 4.74. The van der Waals surface area contributed by atoms with E-state index in [0.717, 1.165) is 28.6 Å². The highest BCUT2D eigenvalue weighted by atomic mass is 32.2. The first-order valence-electron chi connectivity index (χ1n) is 6.18. The van der Waals surface area contributed by atoms with Crippen LogP contribution < -0.4 is 5.73 Å². The van der Waals surface area contributed by atoms with Crippen molar-refractivity contribution in [2.75, 3.05) is 12.3 Å². The summed E-state index contributed by atoms with van der Waals surface area (Å²) in [5, 5.41) is 0. The molecule has 2 N–H and O–H groups in total. The second kappa shape index (κ2) is 8.18. The lowest BCUT2D eigenvalue weighted by atomic mass is 10.1. The number of hydrogen-bond acceptors (Lipinski definition) is 2. The summed E-state index contributed by atoms with van der Waals surface area (Å²) < 4.78 is 13.2. The van der Waals surface area contributed by atoms with Crippen LogP contribution in [-0.4, -0.2) is 12.3 Å². The highest BCUT2D eigenvalue weighted by Gasteiger charge is 2.03. The van der Waals surface area contributed by atoms with Gasteiger partial charge in [-0.1, -0.05) is 31.8 Å². The summed E-state index contributed by atoms with van der Waals surface area (Å²) in [6, 6.07) is 4.80. The van der Waals surface area contributed by atoms with E-state index >= 15 is 0 Å². The van der Waals surface area contributed by atoms with E-state index in [1.807, 2.05) is 17.8 Å². The van der Waals surface area contributed by atoms with E-state index in [4.69, 9.17) is 5.73 Å². The third-order valence-electron chi connectivity index (χ3n) is 2.49. The van der Waals surface area contributed by atoms with Gasteiger partial charge in [0.15, 0.2) is 0 Å². The minimum atomic E-state index is -0.243. The van der Waals surface area contributed by atoms with E-state index in [-0.39, 0.29) is 5.82 Å². The average Bonchev–Trinajstić information content (AvgIpc) is 2.33. The van der Waals surface area contributed by atoms with Gasteiger partial charge in [-0.2, -0.15) is 11.8 Å². The molecule has 1 aromatic carbocycles. The fourth-order valence-electron chi connectivity index (χ4n) is 1.44. The second-order valence-electron chi connectivity index (χ2n) is 4.54. The molecule has 0 heterocycles. The first-order chi connectivity index (χ1) is 8.63. The van der Waals surface area contributed by atoms with Crippen LogP contribution in [0.25, 0.3) is 0 Å². The van der Waals surface area contributed by atoms with Crippen LogP contribution in [0.3, 0.4) is 0 Å². The Balaban J connectivity index is 2.63. The number of hydrogen-bond donors (Lipinski definition) is 1. The topological polar surface area (TPSA) is 26.0 Å². The van der Waals surface area contributed by atoms with Crippen molar-refractivity contribution in [3.8, 4) is 11.8 Å². The molecule has 0 fully saturated rings. The van der Waals surface area contributed by atoms with E-state index in [1.165, 1.54) is 18.6 Å². The van der Waals surface area contributed by atoms with Gasteiger partial charge in [-0.3, -0.25) is 0 Å². The molecule has 0 aliphatic rings. The van der Waals surface area contributed by atoms with Crippen molar-refractivity contribution in [2.24, 2.45) is 11.7 Å². The molecule has 18 heavy (non-hydrogen) atoms. The minimum absolute atomic E-state index is 0.243. The van der Waals surface area contributed by atoms with E-state index in [9.17, 15) is 4.39 Å². The van der Waals surface area contributed by atoms with E-state index in [2.05, 4.69) is 25.7 Å². The quantitative estimate of drug-likeness (QED) is 0.652. The smallest absolute Gasteiger partial charge is 0.124 e. The third kappa shape index (κ3) is 5.57. The number of rotatable bonds is 5. The summed E-state index contributed by atoms with van der Waals surface area (Å²) >= 11 is 1.87. The molecule has 0 bridgehead atoms. The largest absolute Gasteiger partial charge is 0.320 e. The van der Waals surface area contributed by atoms with Crippen molar-refractivity contribution < 1.29 is 4.39 Å². The van der Waals surface area contributed by atoms with Crippen LogP contribution in [0.4, 0.5) is 4.39 Å². The summed E-state index contributed by atoms with van der Waals surface area (Å²) in [6.07, 6.45) is 1.20. The molecular formula is C15H20FNS. The van der Waals surface area contributed by atoms with Gasteiger partial charge in [-0.05, 0) is 35.8 Å². The van der Waals surface area contributed by atoms with Crippen LogP contribution in [0.1, 0.15) is 31.4 Å². The summed E-state index contributed by atoms with van der Waals surface area (Å²) in [4.78, 5) is 0. The van der Waals surface area contributed by atoms with Crippen LogP contribution in [0.15, 0.2) is 18.2 Å². The number of halogens is 1. The van der Waals surface area contributed by atoms with Crippen molar-refractivity contribution in [1.82, 2.24) is 0 Å². The zero-order valence-corrected chi connectivity index (χ0v) is 11.8. The van der Waals surface area contributed by atoms with Gasteiger partial charge in [0, 0.05) is 11.3 Å². The molecule has 0 aliphatic heterocycles. The molecule has 0 amide bonds. The van der Waals surface area contributed by atoms with Crippen LogP contribution in [0.2, 0.25) is 0 Å². The summed E-state index contributed by atoms with van der Waals surface area (Å²) in [5.74, 6) is 8.20. The molecule has 3 heteroatoms. The molecule has 0 aliphatic carbocycles. The molecule has 0 atom stereocenters. The molecule has 1 nitrogen and oxygen atoms in total. The monoisotopic (exact) mass is 265 g/mol. The van der Waals surface area contributed by atoms with Gasteiger partial charge in [0.05, 0.1) is 6.54 Å². The lowest BCUT2D eigenvalue weighted by Crippen LogP contribution is -1.95. The summed E-state index contributed by atoms with van der Waals surface area (Å²) in [7, 11) is 0. The Hall–Kier alpha value is -0.980. The summed E-state index contributed by atoms with van der Waals surface area (Å²) in [5.41, 5.74) is 7.20. The number of thioether (sulfide) groups is 1. The van der Waals surface area contributed by atoms with Gasteiger partial charge >= 0.3 is 0 Å². The standard InChI is InChI=1S/C15H20FNS/c1-12(2)7-9-18-11-14-5-6-15(16)10-13(14)4-3-8-17/h5-6,10,12H,7-9,11,17H2,1-2H3. The van der Waals surface area contributed by atoms with Crippen LogP contribution in [0.5, 0.6) is 0 Å². The average molecular weight is 265 g/mol. The molecule has 0 saturated heterocycles.